The molecule has 0 unspecified atom stereocenters. The molecule has 0 spiro atoms. The summed E-state index contributed by atoms with van der Waals surface area (Å²) >= 11 is 0. The maximum Gasteiger partial charge on any atom is 0.118 e. The van der Waals surface area contributed by atoms with Crippen molar-refractivity contribution in [2.45, 2.75) is 13.8 Å². The maximum absolute atomic E-state index is 6.10. The van der Waals surface area contributed by atoms with E-state index in [4.69, 9.17) is 5.73 Å². The zero-order valence-electron chi connectivity index (χ0n) is 10.8. The smallest absolute Gasteiger partial charge is 0.118 e. The number of nitrogens with zero attached hydrogens (tertiary/aromatic N) is 2. The Balaban J connectivity index is 2.42. The first-order chi connectivity index (χ1) is 8.61. The predicted molar refractivity (Wildman–Crippen MR) is 74.4 cm³/mol. The molecule has 4 nitrogen and oxygen atoms in total. The molecule has 18 heavy (non-hydrogen) atoms. The van der Waals surface area contributed by atoms with E-state index < -0.39 is 0 Å². The number of aromatic amines is 1. The summed E-state index contributed by atoms with van der Waals surface area (Å²) in [4.78, 5) is 0. The fourth-order valence-electron chi connectivity index (χ4n) is 2.45. The topological polar surface area (TPSA) is 59.6 Å². The van der Waals surface area contributed by atoms with Crippen LogP contribution in [0.2, 0.25) is 0 Å². The predicted octanol–water partition coefficient (Wildman–Crippen LogP) is 2.77. The van der Waals surface area contributed by atoms with E-state index in [-0.39, 0.29) is 0 Å². The number of rotatable bonds is 1. The van der Waals surface area contributed by atoms with Gasteiger partial charge in [0.2, 0.25) is 0 Å². The quantitative estimate of drug-likeness (QED) is 0.687. The summed E-state index contributed by atoms with van der Waals surface area (Å²) in [5, 5.41) is 8.49. The Morgan fingerprint density at radius 1 is 1.22 bits per heavy atom. The lowest BCUT2D eigenvalue weighted by molar-refractivity contribution is 0.918. The van der Waals surface area contributed by atoms with Gasteiger partial charge in [0.1, 0.15) is 5.69 Å². The number of aryl methyl sites for hydroxylation is 2. The third-order valence-electron chi connectivity index (χ3n) is 3.63. The Hall–Kier alpha value is -2.23. The van der Waals surface area contributed by atoms with Crippen LogP contribution in [0.25, 0.3) is 22.2 Å². The molecule has 3 aromatic rings. The Morgan fingerprint density at radius 2 is 1.94 bits per heavy atom. The van der Waals surface area contributed by atoms with Crippen LogP contribution in [0.15, 0.2) is 24.3 Å². The van der Waals surface area contributed by atoms with Crippen molar-refractivity contribution < 1.29 is 0 Å². The molecule has 2 heterocycles. The van der Waals surface area contributed by atoms with Crippen LogP contribution < -0.4 is 5.73 Å². The zero-order valence-corrected chi connectivity index (χ0v) is 10.8. The van der Waals surface area contributed by atoms with Gasteiger partial charge in [-0.3, -0.25) is 5.10 Å². The van der Waals surface area contributed by atoms with Gasteiger partial charge >= 0.3 is 0 Å². The van der Waals surface area contributed by atoms with Crippen molar-refractivity contribution in [2.24, 2.45) is 7.05 Å². The standard InChI is InChI=1S/C14H16N4/c1-8-13(15)14(17-16-8)12-9(2)18(3)11-7-5-4-6-10(11)12/h4-7H,15H2,1-3H3,(H,16,17). The van der Waals surface area contributed by atoms with Crippen LogP contribution in [-0.2, 0) is 7.05 Å². The van der Waals surface area contributed by atoms with Crippen LogP contribution in [0, 0.1) is 13.8 Å². The number of H-pyrrole nitrogens is 1. The number of hydrogen-bond donors (Lipinski definition) is 2. The first-order valence-corrected chi connectivity index (χ1v) is 5.96. The summed E-state index contributed by atoms with van der Waals surface area (Å²) in [6.07, 6.45) is 0. The summed E-state index contributed by atoms with van der Waals surface area (Å²) < 4.78 is 2.17. The zero-order chi connectivity index (χ0) is 12.9. The van der Waals surface area contributed by atoms with Crippen molar-refractivity contribution in [3.05, 3.63) is 35.7 Å². The minimum atomic E-state index is 0.731. The lowest BCUT2D eigenvalue weighted by atomic mass is 10.1. The number of benzene rings is 1. The van der Waals surface area contributed by atoms with Crippen LogP contribution >= 0.6 is 0 Å². The molecule has 2 aromatic heterocycles. The Bertz CT molecular complexity index is 734. The molecule has 0 saturated carbocycles. The highest BCUT2D eigenvalue weighted by atomic mass is 15.1. The molecule has 0 bridgehead atoms. The van der Waals surface area contributed by atoms with Crippen molar-refractivity contribution in [1.82, 2.24) is 14.8 Å². The first kappa shape index (κ1) is 10.9. The first-order valence-electron chi connectivity index (χ1n) is 5.96. The third kappa shape index (κ3) is 1.29. The van der Waals surface area contributed by atoms with Gasteiger partial charge in [0.05, 0.1) is 11.4 Å². The van der Waals surface area contributed by atoms with Crippen LogP contribution in [0.5, 0.6) is 0 Å². The third-order valence-corrected chi connectivity index (χ3v) is 3.63. The van der Waals surface area contributed by atoms with E-state index in [9.17, 15) is 0 Å². The van der Waals surface area contributed by atoms with Gasteiger partial charge in [-0.15, -0.1) is 0 Å². The van der Waals surface area contributed by atoms with Crippen molar-refractivity contribution in [3.8, 4) is 11.3 Å². The molecule has 0 amide bonds. The van der Waals surface area contributed by atoms with Gasteiger partial charge in [-0.2, -0.15) is 5.10 Å². The molecule has 0 atom stereocenters. The van der Waals surface area contributed by atoms with E-state index in [1.165, 1.54) is 16.6 Å². The maximum atomic E-state index is 6.10. The molecule has 0 aliphatic rings. The van der Waals surface area contributed by atoms with Crippen molar-refractivity contribution in [2.75, 3.05) is 5.73 Å². The Labute approximate surface area is 105 Å². The fraction of sp³-hybridized carbons (Fsp3) is 0.214. The van der Waals surface area contributed by atoms with Gasteiger partial charge in [-0.1, -0.05) is 18.2 Å². The van der Waals surface area contributed by atoms with Crippen LogP contribution in [-0.4, -0.2) is 14.8 Å². The molecule has 0 aliphatic carbocycles. The van der Waals surface area contributed by atoms with Crippen LogP contribution in [0.1, 0.15) is 11.4 Å². The van der Waals surface area contributed by atoms with E-state index >= 15 is 0 Å². The monoisotopic (exact) mass is 240 g/mol. The lowest BCUT2D eigenvalue weighted by Crippen LogP contribution is -1.92. The second kappa shape index (κ2) is 3.63. The van der Waals surface area contributed by atoms with E-state index in [2.05, 4.69) is 40.9 Å². The average molecular weight is 240 g/mol. The summed E-state index contributed by atoms with van der Waals surface area (Å²) in [5.41, 5.74) is 12.1. The summed E-state index contributed by atoms with van der Waals surface area (Å²) in [6.45, 7) is 4.03. The van der Waals surface area contributed by atoms with Gasteiger partial charge in [0.15, 0.2) is 0 Å². The second-order valence-corrected chi connectivity index (χ2v) is 4.65. The molecule has 0 saturated heterocycles. The number of para-hydroxylation sites is 1. The van der Waals surface area contributed by atoms with Gasteiger partial charge in [0.25, 0.3) is 0 Å². The highest BCUT2D eigenvalue weighted by Gasteiger charge is 2.18. The van der Waals surface area contributed by atoms with E-state index in [0.29, 0.717) is 0 Å². The van der Waals surface area contributed by atoms with Gasteiger partial charge in [0, 0.05) is 29.2 Å². The largest absolute Gasteiger partial charge is 0.395 e. The van der Waals surface area contributed by atoms with E-state index in [1.807, 2.05) is 19.1 Å². The van der Waals surface area contributed by atoms with E-state index in [1.54, 1.807) is 0 Å². The van der Waals surface area contributed by atoms with Crippen molar-refractivity contribution in [3.63, 3.8) is 0 Å². The highest BCUT2D eigenvalue weighted by molar-refractivity contribution is 5.99. The molecule has 1 aromatic carbocycles. The number of nitrogen functional groups attached to an aromatic ring is 1. The minimum Gasteiger partial charge on any atom is -0.395 e. The van der Waals surface area contributed by atoms with Gasteiger partial charge in [-0.25, -0.2) is 0 Å². The molecular weight excluding hydrogens is 224 g/mol. The number of nitrogens with one attached hydrogen (secondary N) is 1. The van der Waals surface area contributed by atoms with Crippen LogP contribution in [0.3, 0.4) is 0 Å². The molecule has 3 rings (SSSR count). The Kier molecular flexibility index (Phi) is 2.20. The second-order valence-electron chi connectivity index (χ2n) is 4.65. The van der Waals surface area contributed by atoms with Crippen molar-refractivity contribution in [1.29, 1.82) is 0 Å². The Morgan fingerprint density at radius 3 is 2.61 bits per heavy atom. The number of nitrogens with two attached hydrogens (primary N) is 1. The molecule has 0 aliphatic heterocycles. The molecule has 0 radical (unpaired) electrons. The van der Waals surface area contributed by atoms with E-state index in [0.717, 1.165) is 22.6 Å². The van der Waals surface area contributed by atoms with Gasteiger partial charge < -0.3 is 10.3 Å². The summed E-state index contributed by atoms with van der Waals surface area (Å²) in [6, 6.07) is 8.31. The summed E-state index contributed by atoms with van der Waals surface area (Å²) in [7, 11) is 2.07. The molecule has 0 fully saturated rings. The normalized spacial score (nSPS) is 11.3. The highest BCUT2D eigenvalue weighted by Crippen LogP contribution is 2.36. The molecule has 92 valence electrons. The average Bonchev–Trinajstić information content (AvgIpc) is 2.82. The number of hydrogen-bond acceptors (Lipinski definition) is 2. The summed E-state index contributed by atoms with van der Waals surface area (Å²) in [5.74, 6) is 0. The molecule has 4 heteroatoms. The SMILES string of the molecule is Cc1[nH]nc(-c2c(C)n(C)c3ccccc23)c1N. The number of fused-ring (bicyclic) bond motifs is 1. The lowest BCUT2D eigenvalue weighted by Gasteiger charge is -2.00. The minimum absolute atomic E-state index is 0.731. The van der Waals surface area contributed by atoms with Crippen molar-refractivity contribution >= 4 is 16.6 Å². The molecule has 3 N–H and O–H groups in total. The fourth-order valence-corrected chi connectivity index (χ4v) is 2.45. The van der Waals surface area contributed by atoms with Gasteiger partial charge in [-0.05, 0) is 19.9 Å². The van der Waals surface area contributed by atoms with Crippen LogP contribution in [0.4, 0.5) is 5.69 Å². The molecular formula is C14H16N4. The number of aromatic nitrogens is 3. The number of anilines is 1.